The molecule has 2 rings (SSSR count). The van der Waals surface area contributed by atoms with E-state index in [9.17, 15) is 5.11 Å². The van der Waals surface area contributed by atoms with Gasteiger partial charge in [0, 0.05) is 6.61 Å². The fraction of sp³-hybridized carbons (Fsp3) is 1.00. The first-order valence-corrected chi connectivity index (χ1v) is 5.56. The molecule has 1 atom stereocenters. The molecule has 2 saturated carbocycles. The van der Waals surface area contributed by atoms with E-state index in [1.54, 1.807) is 0 Å². The predicted molar refractivity (Wildman–Crippen MR) is 54.4 cm³/mol. The molecule has 0 aromatic carbocycles. The number of aliphatic hydroxyl groups excluding tert-OH is 1. The Kier molecular flexibility index (Phi) is 1.83. The van der Waals surface area contributed by atoms with Crippen LogP contribution in [0.3, 0.4) is 0 Å². The van der Waals surface area contributed by atoms with Crippen LogP contribution in [0.4, 0.5) is 0 Å². The predicted octanol–water partition coefficient (Wildman–Crippen LogP) is 2.69. The van der Waals surface area contributed by atoms with Crippen molar-refractivity contribution in [3.05, 3.63) is 0 Å². The van der Waals surface area contributed by atoms with Gasteiger partial charge in [0.1, 0.15) is 0 Å². The molecule has 1 N–H and O–H groups in total. The Morgan fingerprint density at radius 2 is 1.85 bits per heavy atom. The summed E-state index contributed by atoms with van der Waals surface area (Å²) in [4.78, 5) is 0. The Labute approximate surface area is 81.5 Å². The van der Waals surface area contributed by atoms with Crippen LogP contribution >= 0.6 is 0 Å². The molecule has 1 nitrogen and oxygen atoms in total. The van der Waals surface area contributed by atoms with Crippen molar-refractivity contribution in [2.45, 2.75) is 40.5 Å². The maximum absolute atomic E-state index is 9.27. The van der Waals surface area contributed by atoms with Gasteiger partial charge in [0.2, 0.25) is 0 Å². The Morgan fingerprint density at radius 1 is 1.31 bits per heavy atom. The highest BCUT2D eigenvalue weighted by Crippen LogP contribution is 2.79. The number of rotatable bonds is 2. The largest absolute Gasteiger partial charge is 0.396 e. The molecule has 2 fully saturated rings. The Balaban J connectivity index is 1.99. The molecular weight excluding hydrogens is 160 g/mol. The molecule has 0 saturated heterocycles. The lowest BCUT2D eigenvalue weighted by molar-refractivity contribution is 0.0734. The zero-order valence-electron chi connectivity index (χ0n) is 9.30. The third kappa shape index (κ3) is 0.971. The lowest BCUT2D eigenvalue weighted by atomic mass is 9.63. The van der Waals surface area contributed by atoms with Crippen molar-refractivity contribution in [3.63, 3.8) is 0 Å². The molecule has 0 radical (unpaired) electrons. The van der Waals surface area contributed by atoms with Crippen LogP contribution in [0.15, 0.2) is 0 Å². The highest BCUT2D eigenvalue weighted by molar-refractivity contribution is 5.22. The third-order valence-corrected chi connectivity index (χ3v) is 5.12. The molecule has 13 heavy (non-hydrogen) atoms. The molecule has 76 valence electrons. The minimum atomic E-state index is 0.401. The number of hydrogen-bond donors (Lipinski definition) is 1. The van der Waals surface area contributed by atoms with Gasteiger partial charge in [-0.1, -0.05) is 27.7 Å². The van der Waals surface area contributed by atoms with Crippen LogP contribution in [0.25, 0.3) is 0 Å². The van der Waals surface area contributed by atoms with Gasteiger partial charge >= 0.3 is 0 Å². The van der Waals surface area contributed by atoms with Crippen molar-refractivity contribution in [3.8, 4) is 0 Å². The maximum atomic E-state index is 9.27. The monoisotopic (exact) mass is 182 g/mol. The van der Waals surface area contributed by atoms with Crippen molar-refractivity contribution < 1.29 is 5.11 Å². The highest BCUT2D eigenvalue weighted by Gasteiger charge is 2.74. The summed E-state index contributed by atoms with van der Waals surface area (Å²) < 4.78 is 0. The van der Waals surface area contributed by atoms with Crippen molar-refractivity contribution >= 4 is 0 Å². The normalized spacial score (nSPS) is 46.6. The molecule has 1 heteroatoms. The topological polar surface area (TPSA) is 20.2 Å². The fourth-order valence-electron chi connectivity index (χ4n) is 3.62. The van der Waals surface area contributed by atoms with E-state index in [0.717, 1.165) is 11.8 Å². The van der Waals surface area contributed by atoms with Crippen LogP contribution < -0.4 is 0 Å². The highest BCUT2D eigenvalue weighted by atomic mass is 16.3. The van der Waals surface area contributed by atoms with Gasteiger partial charge in [-0.3, -0.25) is 0 Å². The van der Waals surface area contributed by atoms with Gasteiger partial charge in [-0.2, -0.15) is 0 Å². The molecular formula is C12H22O. The minimum absolute atomic E-state index is 0.401. The molecule has 0 aromatic rings. The van der Waals surface area contributed by atoms with E-state index in [1.165, 1.54) is 12.8 Å². The van der Waals surface area contributed by atoms with E-state index in [0.29, 0.717) is 23.4 Å². The quantitative estimate of drug-likeness (QED) is 0.696. The van der Waals surface area contributed by atoms with Crippen LogP contribution in [0.2, 0.25) is 0 Å². The standard InChI is InChI=1S/C12H22O/c1-8(2)9-5-12(6-9)10(7-13)11(12,3)4/h8-10,13H,5-7H2,1-4H3. The second-order valence-electron chi connectivity index (χ2n) is 6.03. The lowest BCUT2D eigenvalue weighted by Gasteiger charge is -2.41. The molecule has 0 bridgehead atoms. The van der Waals surface area contributed by atoms with E-state index >= 15 is 0 Å². The molecule has 1 spiro atoms. The third-order valence-electron chi connectivity index (χ3n) is 5.12. The minimum Gasteiger partial charge on any atom is -0.396 e. The van der Waals surface area contributed by atoms with Crippen LogP contribution in [-0.4, -0.2) is 11.7 Å². The summed E-state index contributed by atoms with van der Waals surface area (Å²) in [6.07, 6.45) is 2.73. The van der Waals surface area contributed by atoms with Crippen LogP contribution in [0.1, 0.15) is 40.5 Å². The van der Waals surface area contributed by atoms with Crippen molar-refractivity contribution in [1.82, 2.24) is 0 Å². The van der Waals surface area contributed by atoms with Crippen molar-refractivity contribution in [1.29, 1.82) is 0 Å². The summed E-state index contributed by atoms with van der Waals surface area (Å²) in [6, 6.07) is 0. The number of hydrogen-bond acceptors (Lipinski definition) is 1. The molecule has 2 aliphatic carbocycles. The van der Waals surface area contributed by atoms with Gasteiger partial charge in [-0.15, -0.1) is 0 Å². The summed E-state index contributed by atoms with van der Waals surface area (Å²) in [5.41, 5.74) is 0.962. The van der Waals surface area contributed by atoms with Gasteiger partial charge < -0.3 is 5.11 Å². The van der Waals surface area contributed by atoms with Crippen molar-refractivity contribution in [2.75, 3.05) is 6.61 Å². The summed E-state index contributed by atoms with van der Waals surface area (Å²) in [7, 11) is 0. The van der Waals surface area contributed by atoms with Crippen LogP contribution in [0, 0.1) is 28.6 Å². The molecule has 0 amide bonds. The Morgan fingerprint density at radius 3 is 2.15 bits per heavy atom. The summed E-state index contributed by atoms with van der Waals surface area (Å²) in [5, 5.41) is 9.27. The number of aliphatic hydroxyl groups is 1. The second-order valence-corrected chi connectivity index (χ2v) is 6.03. The molecule has 0 aliphatic heterocycles. The molecule has 1 unspecified atom stereocenters. The van der Waals surface area contributed by atoms with E-state index < -0.39 is 0 Å². The Hall–Kier alpha value is -0.0400. The molecule has 0 aromatic heterocycles. The zero-order valence-corrected chi connectivity index (χ0v) is 9.30. The zero-order chi connectivity index (χ0) is 9.85. The summed E-state index contributed by atoms with van der Waals surface area (Å²) in [6.45, 7) is 9.69. The van der Waals surface area contributed by atoms with Gasteiger partial charge in [0.25, 0.3) is 0 Å². The SMILES string of the molecule is CC(C)C1CC2(C1)C(CO)C2(C)C. The van der Waals surface area contributed by atoms with E-state index in [2.05, 4.69) is 27.7 Å². The molecule has 0 heterocycles. The summed E-state index contributed by atoms with van der Waals surface area (Å²) in [5.74, 6) is 2.35. The van der Waals surface area contributed by atoms with E-state index in [-0.39, 0.29) is 0 Å². The van der Waals surface area contributed by atoms with Crippen LogP contribution in [0.5, 0.6) is 0 Å². The first-order valence-electron chi connectivity index (χ1n) is 5.56. The average Bonchev–Trinajstić information content (AvgIpc) is 2.42. The first kappa shape index (κ1) is 9.51. The lowest BCUT2D eigenvalue weighted by Crippen LogP contribution is -2.33. The summed E-state index contributed by atoms with van der Waals surface area (Å²) >= 11 is 0. The van der Waals surface area contributed by atoms with E-state index in [4.69, 9.17) is 0 Å². The van der Waals surface area contributed by atoms with Gasteiger partial charge in [-0.25, -0.2) is 0 Å². The Bertz CT molecular complexity index is 211. The van der Waals surface area contributed by atoms with Crippen LogP contribution in [-0.2, 0) is 0 Å². The smallest absolute Gasteiger partial charge is 0.0470 e. The van der Waals surface area contributed by atoms with Crippen molar-refractivity contribution in [2.24, 2.45) is 28.6 Å². The van der Waals surface area contributed by atoms with Gasteiger partial charge in [0.15, 0.2) is 0 Å². The molecule has 2 aliphatic rings. The maximum Gasteiger partial charge on any atom is 0.0470 e. The second kappa shape index (κ2) is 2.50. The van der Waals surface area contributed by atoms with Gasteiger partial charge in [0.05, 0.1) is 0 Å². The fourth-order valence-corrected chi connectivity index (χ4v) is 3.62. The van der Waals surface area contributed by atoms with E-state index in [1.807, 2.05) is 0 Å². The van der Waals surface area contributed by atoms with Gasteiger partial charge in [-0.05, 0) is 41.4 Å². The first-order chi connectivity index (χ1) is 5.95. The average molecular weight is 182 g/mol.